The van der Waals surface area contributed by atoms with Gasteiger partial charge in [0.25, 0.3) is 0 Å². The summed E-state index contributed by atoms with van der Waals surface area (Å²) < 4.78 is 0. The van der Waals surface area contributed by atoms with Gasteiger partial charge in [0.15, 0.2) is 5.82 Å². The molecule has 34 heavy (non-hydrogen) atoms. The molecule has 3 heterocycles. The molecule has 4 aromatic rings. The van der Waals surface area contributed by atoms with Crippen molar-refractivity contribution in [2.75, 3.05) is 31.1 Å². The number of anilines is 1. The van der Waals surface area contributed by atoms with E-state index in [4.69, 9.17) is 17.3 Å². The van der Waals surface area contributed by atoms with Crippen LogP contribution >= 0.6 is 11.6 Å². The number of imidazole rings is 1. The first-order valence-corrected chi connectivity index (χ1v) is 11.3. The van der Waals surface area contributed by atoms with Crippen molar-refractivity contribution in [1.29, 1.82) is 0 Å². The highest BCUT2D eigenvalue weighted by molar-refractivity contribution is 6.30. The molecule has 176 valence electrons. The fourth-order valence-electron chi connectivity index (χ4n) is 4.24. The molecule has 1 amide bonds. The number of nitrogens with two attached hydrogens (primary N) is 1. The van der Waals surface area contributed by atoms with Crippen LogP contribution in [-0.2, 0) is 11.2 Å². The molecule has 0 spiro atoms. The maximum atomic E-state index is 12.8. The summed E-state index contributed by atoms with van der Waals surface area (Å²) in [7, 11) is 0. The lowest BCUT2D eigenvalue weighted by molar-refractivity contribution is -0.132. The van der Waals surface area contributed by atoms with Gasteiger partial charge in [0.1, 0.15) is 5.69 Å². The van der Waals surface area contributed by atoms with E-state index < -0.39 is 6.04 Å². The Morgan fingerprint density at radius 2 is 1.74 bits per heavy atom. The zero-order valence-electron chi connectivity index (χ0n) is 18.0. The molecule has 9 heteroatoms. The van der Waals surface area contributed by atoms with Gasteiger partial charge in [-0.1, -0.05) is 55.4 Å². The summed E-state index contributed by atoms with van der Waals surface area (Å²) in [6.07, 6.45) is 3.73. The van der Waals surface area contributed by atoms with Gasteiger partial charge in [-0.25, -0.2) is 4.98 Å². The van der Waals surface area contributed by atoms with E-state index in [9.17, 15) is 4.79 Å². The van der Waals surface area contributed by atoms with Crippen LogP contribution in [0.25, 0.3) is 22.0 Å². The van der Waals surface area contributed by atoms with Crippen molar-refractivity contribution >= 4 is 34.1 Å². The summed E-state index contributed by atoms with van der Waals surface area (Å²) in [5.74, 6) is 0.787. The van der Waals surface area contributed by atoms with Gasteiger partial charge in [0.2, 0.25) is 5.91 Å². The minimum Gasteiger partial charge on any atom is -0.351 e. The molecular formula is C25H28ClN7O. The molecule has 8 nitrogen and oxygen atoms in total. The Morgan fingerprint density at radius 3 is 2.41 bits per heavy atom. The molecule has 0 saturated carbocycles. The molecule has 2 aromatic heterocycles. The Labute approximate surface area is 203 Å². The Bertz CT molecular complexity index is 1250. The van der Waals surface area contributed by atoms with E-state index in [0.717, 1.165) is 33.5 Å². The minimum atomic E-state index is -0.587. The maximum Gasteiger partial charge on any atom is 0.240 e. The first-order valence-electron chi connectivity index (χ1n) is 10.9. The SMILES string of the molecule is C.N[C@@H](Cc1cnc[nH]1)C(=O)N1CCN(c2nnc(-c3ccc(Cl)cc3)c3ccccc23)CC1. The van der Waals surface area contributed by atoms with E-state index in [0.29, 0.717) is 37.6 Å². The number of benzene rings is 2. The number of hydrogen-bond acceptors (Lipinski definition) is 6. The molecule has 2 aromatic carbocycles. The Hall–Kier alpha value is -3.49. The van der Waals surface area contributed by atoms with Crippen LogP contribution in [0.4, 0.5) is 5.82 Å². The Balaban J connectivity index is 0.00000274. The highest BCUT2D eigenvalue weighted by Crippen LogP contribution is 2.32. The quantitative estimate of drug-likeness (QED) is 0.455. The number of nitrogens with zero attached hydrogens (tertiary/aromatic N) is 5. The van der Waals surface area contributed by atoms with Crippen LogP contribution in [0.5, 0.6) is 0 Å². The second kappa shape index (κ2) is 10.2. The molecule has 5 rings (SSSR count). The molecule has 0 bridgehead atoms. The van der Waals surface area contributed by atoms with Gasteiger partial charge in [0.05, 0.1) is 12.4 Å². The van der Waals surface area contributed by atoms with Gasteiger partial charge in [-0.3, -0.25) is 4.79 Å². The number of piperazine rings is 1. The van der Waals surface area contributed by atoms with Gasteiger partial charge in [-0.15, -0.1) is 10.2 Å². The van der Waals surface area contributed by atoms with E-state index in [2.05, 4.69) is 37.2 Å². The number of amides is 1. The molecule has 1 aliphatic heterocycles. The van der Waals surface area contributed by atoms with Crippen molar-refractivity contribution < 1.29 is 4.79 Å². The zero-order chi connectivity index (χ0) is 22.8. The number of carbonyl (C=O) groups excluding carboxylic acids is 1. The van der Waals surface area contributed by atoms with Crippen molar-refractivity contribution in [2.45, 2.75) is 19.9 Å². The molecule has 1 fully saturated rings. The smallest absolute Gasteiger partial charge is 0.240 e. The number of carbonyl (C=O) groups is 1. The number of rotatable bonds is 5. The summed E-state index contributed by atoms with van der Waals surface area (Å²) in [5, 5.41) is 11.9. The van der Waals surface area contributed by atoms with Crippen molar-refractivity contribution in [3.8, 4) is 11.3 Å². The predicted octanol–water partition coefficient (Wildman–Crippen LogP) is 3.53. The number of halogens is 1. The number of nitrogens with one attached hydrogen (secondary N) is 1. The first kappa shape index (κ1) is 23.7. The van der Waals surface area contributed by atoms with E-state index in [1.807, 2.05) is 41.3 Å². The standard InChI is InChI=1S/C24H24ClN7O.CH4/c25-17-7-5-16(6-8-17)22-19-3-1-2-4-20(19)23(30-29-22)31-9-11-32(12-10-31)24(33)21(26)13-18-14-27-15-28-18;/h1-8,14-15,21H,9-13,26H2,(H,27,28);1H4/t21-;/m0./s1. The monoisotopic (exact) mass is 477 g/mol. The van der Waals surface area contributed by atoms with Crippen molar-refractivity contribution in [2.24, 2.45) is 5.73 Å². The van der Waals surface area contributed by atoms with Crippen molar-refractivity contribution in [1.82, 2.24) is 25.1 Å². The van der Waals surface area contributed by atoms with E-state index >= 15 is 0 Å². The van der Waals surface area contributed by atoms with Crippen LogP contribution < -0.4 is 10.6 Å². The fourth-order valence-corrected chi connectivity index (χ4v) is 4.36. The van der Waals surface area contributed by atoms with Crippen LogP contribution in [0, 0.1) is 0 Å². The van der Waals surface area contributed by atoms with Crippen LogP contribution in [-0.4, -0.2) is 63.2 Å². The lowest BCUT2D eigenvalue weighted by atomic mass is 10.0. The summed E-state index contributed by atoms with van der Waals surface area (Å²) in [5.41, 5.74) is 8.81. The molecule has 1 saturated heterocycles. The van der Waals surface area contributed by atoms with E-state index in [1.54, 1.807) is 12.5 Å². The van der Waals surface area contributed by atoms with Gasteiger partial charge in [0, 0.05) is 65.8 Å². The average Bonchev–Trinajstić information content (AvgIpc) is 3.37. The predicted molar refractivity (Wildman–Crippen MR) is 136 cm³/mol. The summed E-state index contributed by atoms with van der Waals surface area (Å²) in [4.78, 5) is 23.8. The largest absolute Gasteiger partial charge is 0.351 e. The summed E-state index contributed by atoms with van der Waals surface area (Å²) in [6, 6.07) is 15.2. The summed E-state index contributed by atoms with van der Waals surface area (Å²) in [6.45, 7) is 2.51. The highest BCUT2D eigenvalue weighted by Gasteiger charge is 2.27. The van der Waals surface area contributed by atoms with E-state index in [-0.39, 0.29) is 13.3 Å². The average molecular weight is 478 g/mol. The topological polar surface area (TPSA) is 104 Å². The van der Waals surface area contributed by atoms with Crippen LogP contribution in [0.2, 0.25) is 5.02 Å². The highest BCUT2D eigenvalue weighted by atomic mass is 35.5. The molecular weight excluding hydrogens is 450 g/mol. The molecule has 1 aliphatic rings. The van der Waals surface area contributed by atoms with Gasteiger partial charge < -0.3 is 20.5 Å². The summed E-state index contributed by atoms with van der Waals surface area (Å²) >= 11 is 6.05. The molecule has 0 aliphatic carbocycles. The van der Waals surface area contributed by atoms with E-state index in [1.165, 1.54) is 0 Å². The van der Waals surface area contributed by atoms with Crippen LogP contribution in [0.15, 0.2) is 61.1 Å². The number of fused-ring (bicyclic) bond motifs is 1. The molecule has 1 atom stereocenters. The second-order valence-corrected chi connectivity index (χ2v) is 8.56. The third-order valence-corrected chi connectivity index (χ3v) is 6.24. The molecule has 3 N–H and O–H groups in total. The fraction of sp³-hybridized carbons (Fsp3) is 0.280. The number of hydrogen-bond donors (Lipinski definition) is 2. The van der Waals surface area contributed by atoms with Crippen molar-refractivity contribution in [3.63, 3.8) is 0 Å². The van der Waals surface area contributed by atoms with Gasteiger partial charge in [-0.2, -0.15) is 0 Å². The van der Waals surface area contributed by atoms with Crippen LogP contribution in [0.1, 0.15) is 13.1 Å². The Morgan fingerprint density at radius 1 is 1.03 bits per heavy atom. The minimum absolute atomic E-state index is 0. The number of H-pyrrole nitrogens is 1. The number of aromatic amines is 1. The normalized spacial score (nSPS) is 14.6. The lowest BCUT2D eigenvalue weighted by Crippen LogP contribution is -2.54. The van der Waals surface area contributed by atoms with Crippen LogP contribution in [0.3, 0.4) is 0 Å². The maximum absolute atomic E-state index is 12.8. The Kier molecular flexibility index (Phi) is 7.09. The second-order valence-electron chi connectivity index (χ2n) is 8.12. The number of aromatic nitrogens is 4. The molecule has 0 radical (unpaired) electrons. The lowest BCUT2D eigenvalue weighted by Gasteiger charge is -2.36. The third-order valence-electron chi connectivity index (χ3n) is 5.99. The van der Waals surface area contributed by atoms with Gasteiger partial charge >= 0.3 is 0 Å². The zero-order valence-corrected chi connectivity index (χ0v) is 18.7. The molecule has 0 unspecified atom stereocenters. The van der Waals surface area contributed by atoms with Gasteiger partial charge in [-0.05, 0) is 12.1 Å². The first-order chi connectivity index (χ1) is 16.1. The third kappa shape index (κ3) is 4.73. The van der Waals surface area contributed by atoms with Crippen molar-refractivity contribution in [3.05, 3.63) is 71.8 Å².